The molecule has 92 valence electrons. The molecule has 17 heavy (non-hydrogen) atoms. The van der Waals surface area contributed by atoms with Gasteiger partial charge in [-0.3, -0.25) is 4.68 Å². The van der Waals surface area contributed by atoms with E-state index in [0.717, 1.165) is 32.5 Å². The van der Waals surface area contributed by atoms with E-state index in [9.17, 15) is 0 Å². The van der Waals surface area contributed by atoms with Crippen molar-refractivity contribution in [2.45, 2.75) is 50.2 Å². The Morgan fingerprint density at radius 3 is 3.00 bits per heavy atom. The van der Waals surface area contributed by atoms with Gasteiger partial charge in [0.25, 0.3) is 0 Å². The second-order valence-corrected chi connectivity index (χ2v) is 5.55. The summed E-state index contributed by atoms with van der Waals surface area (Å²) in [6.45, 7) is 1.78. The minimum absolute atomic E-state index is 0.563. The predicted molar refractivity (Wildman–Crippen MR) is 63.9 cm³/mol. The normalized spacial score (nSPS) is 32.7. The van der Waals surface area contributed by atoms with Crippen LogP contribution in [0.15, 0.2) is 6.20 Å². The van der Waals surface area contributed by atoms with Gasteiger partial charge in [-0.15, -0.1) is 0 Å². The third kappa shape index (κ3) is 1.62. The van der Waals surface area contributed by atoms with E-state index in [1.54, 1.807) is 0 Å². The molecule has 1 aromatic heterocycles. The minimum Gasteiger partial charge on any atom is -0.381 e. The molecule has 0 amide bonds. The van der Waals surface area contributed by atoms with Gasteiger partial charge in [-0.05, 0) is 25.7 Å². The molecule has 2 fully saturated rings. The number of hydrogen-bond donors (Lipinski definition) is 1. The maximum absolute atomic E-state index is 5.42. The lowest BCUT2D eigenvalue weighted by atomic mass is 10.0. The average molecular weight is 233 g/mol. The van der Waals surface area contributed by atoms with Gasteiger partial charge in [-0.2, -0.15) is 5.10 Å². The van der Waals surface area contributed by atoms with Gasteiger partial charge in [0.05, 0.1) is 11.7 Å². The molecule has 2 bridgehead atoms. The fourth-order valence-electron chi connectivity index (χ4n) is 3.49. The lowest BCUT2D eigenvalue weighted by molar-refractivity contribution is 0.0661. The fraction of sp³-hybridized carbons (Fsp3) is 0.769. The fourth-order valence-corrected chi connectivity index (χ4v) is 3.49. The van der Waals surface area contributed by atoms with Gasteiger partial charge in [0.1, 0.15) is 0 Å². The van der Waals surface area contributed by atoms with E-state index in [1.807, 2.05) is 0 Å². The van der Waals surface area contributed by atoms with Crippen LogP contribution >= 0.6 is 0 Å². The summed E-state index contributed by atoms with van der Waals surface area (Å²) in [6, 6.07) is 1.83. The summed E-state index contributed by atoms with van der Waals surface area (Å²) >= 11 is 0. The number of nitrogens with zero attached hydrogens (tertiary/aromatic N) is 2. The van der Waals surface area contributed by atoms with E-state index in [4.69, 9.17) is 9.84 Å². The van der Waals surface area contributed by atoms with E-state index in [2.05, 4.69) is 16.2 Å². The largest absolute Gasteiger partial charge is 0.381 e. The van der Waals surface area contributed by atoms with E-state index in [0.29, 0.717) is 18.1 Å². The highest BCUT2D eigenvalue weighted by Crippen LogP contribution is 2.36. The van der Waals surface area contributed by atoms with Crippen molar-refractivity contribution in [1.82, 2.24) is 15.1 Å². The molecule has 0 radical (unpaired) electrons. The lowest BCUT2D eigenvalue weighted by Crippen LogP contribution is -2.31. The number of ether oxygens (including phenoxy) is 1. The summed E-state index contributed by atoms with van der Waals surface area (Å²) in [5.74, 6) is 0. The summed E-state index contributed by atoms with van der Waals surface area (Å²) in [6.07, 6.45) is 8.26. The first-order chi connectivity index (χ1) is 8.40. The van der Waals surface area contributed by atoms with Gasteiger partial charge in [0.2, 0.25) is 0 Å². The van der Waals surface area contributed by atoms with Gasteiger partial charge in [-0.1, -0.05) is 0 Å². The molecule has 4 rings (SSSR count). The molecule has 4 heteroatoms. The first kappa shape index (κ1) is 10.1. The van der Waals surface area contributed by atoms with E-state index < -0.39 is 0 Å². The predicted octanol–water partition coefficient (Wildman–Crippen LogP) is 1.58. The Labute approximate surface area is 101 Å². The summed E-state index contributed by atoms with van der Waals surface area (Å²) in [5, 5.41) is 8.52. The molecule has 3 aliphatic heterocycles. The molecule has 2 atom stereocenters. The third-order valence-electron chi connectivity index (χ3n) is 4.46. The van der Waals surface area contributed by atoms with Crippen LogP contribution in [0.2, 0.25) is 0 Å². The van der Waals surface area contributed by atoms with Crippen LogP contribution in [0, 0.1) is 0 Å². The zero-order valence-electron chi connectivity index (χ0n) is 10.1. The van der Waals surface area contributed by atoms with Crippen molar-refractivity contribution in [1.29, 1.82) is 0 Å². The lowest BCUT2D eigenvalue weighted by Gasteiger charge is -2.22. The van der Waals surface area contributed by atoms with Crippen LogP contribution in [0.5, 0.6) is 0 Å². The molecular formula is C13H19N3O. The summed E-state index contributed by atoms with van der Waals surface area (Å²) in [7, 11) is 0. The van der Waals surface area contributed by atoms with Gasteiger partial charge >= 0.3 is 0 Å². The summed E-state index contributed by atoms with van der Waals surface area (Å²) < 4.78 is 7.64. The van der Waals surface area contributed by atoms with Crippen LogP contribution in [-0.4, -0.2) is 29.0 Å². The maximum Gasteiger partial charge on any atom is 0.0688 e. The molecule has 4 heterocycles. The topological polar surface area (TPSA) is 39.1 Å². The van der Waals surface area contributed by atoms with Crippen LogP contribution in [0.4, 0.5) is 0 Å². The Morgan fingerprint density at radius 2 is 2.12 bits per heavy atom. The number of hydrogen-bond acceptors (Lipinski definition) is 3. The number of aromatic nitrogens is 2. The number of fused-ring (bicyclic) bond motifs is 4. The molecule has 0 unspecified atom stereocenters. The number of rotatable bonds is 1. The SMILES string of the molecule is c1c2c(nn1C1CCOCC1)C[C@H]1CC[C@H]2N1. The Hall–Kier alpha value is -0.870. The van der Waals surface area contributed by atoms with E-state index in [-0.39, 0.29) is 0 Å². The minimum atomic E-state index is 0.563. The molecular weight excluding hydrogens is 214 g/mol. The molecule has 0 aromatic carbocycles. The van der Waals surface area contributed by atoms with E-state index >= 15 is 0 Å². The molecule has 0 spiro atoms. The van der Waals surface area contributed by atoms with Crippen molar-refractivity contribution in [3.63, 3.8) is 0 Å². The highest BCUT2D eigenvalue weighted by Gasteiger charge is 2.34. The molecule has 1 aromatic rings. The molecule has 3 aliphatic rings. The molecule has 4 nitrogen and oxygen atoms in total. The highest BCUT2D eigenvalue weighted by atomic mass is 16.5. The molecule has 1 N–H and O–H groups in total. The summed E-state index contributed by atoms with van der Waals surface area (Å²) in [5.41, 5.74) is 2.81. The van der Waals surface area contributed by atoms with E-state index in [1.165, 1.54) is 24.1 Å². The zero-order chi connectivity index (χ0) is 11.2. The van der Waals surface area contributed by atoms with Crippen LogP contribution < -0.4 is 5.32 Å². The van der Waals surface area contributed by atoms with Crippen molar-refractivity contribution in [2.75, 3.05) is 13.2 Å². The highest BCUT2D eigenvalue weighted by molar-refractivity contribution is 5.28. The number of nitrogens with one attached hydrogen (secondary N) is 1. The van der Waals surface area contributed by atoms with Crippen molar-refractivity contribution < 1.29 is 4.74 Å². The second kappa shape index (κ2) is 3.82. The van der Waals surface area contributed by atoms with Gasteiger partial charge < -0.3 is 10.1 Å². The van der Waals surface area contributed by atoms with Crippen molar-refractivity contribution in [2.24, 2.45) is 0 Å². The van der Waals surface area contributed by atoms with Crippen molar-refractivity contribution in [3.05, 3.63) is 17.5 Å². The zero-order valence-corrected chi connectivity index (χ0v) is 10.1. The van der Waals surface area contributed by atoms with Crippen LogP contribution in [0.1, 0.15) is 49.0 Å². The first-order valence-electron chi connectivity index (χ1n) is 6.82. The van der Waals surface area contributed by atoms with Gasteiger partial charge in [0, 0.05) is 43.5 Å². The van der Waals surface area contributed by atoms with Crippen LogP contribution in [0.3, 0.4) is 0 Å². The van der Waals surface area contributed by atoms with Gasteiger partial charge in [0.15, 0.2) is 0 Å². The Balaban J connectivity index is 1.64. The second-order valence-electron chi connectivity index (χ2n) is 5.55. The standard InChI is InChI=1S/C13H19N3O/c1-2-12-11-8-16(10-3-5-17-6-4-10)15-13(11)7-9(1)14-12/h8-10,12,14H,1-7H2/t9-,12-/m1/s1. The van der Waals surface area contributed by atoms with Gasteiger partial charge in [-0.25, -0.2) is 0 Å². The van der Waals surface area contributed by atoms with Crippen molar-refractivity contribution >= 4 is 0 Å². The average Bonchev–Trinajstić information content (AvgIpc) is 2.97. The smallest absolute Gasteiger partial charge is 0.0688 e. The van der Waals surface area contributed by atoms with Crippen LogP contribution in [0.25, 0.3) is 0 Å². The Bertz CT molecular complexity index is 422. The summed E-state index contributed by atoms with van der Waals surface area (Å²) in [4.78, 5) is 0. The third-order valence-corrected chi connectivity index (χ3v) is 4.46. The monoisotopic (exact) mass is 233 g/mol. The molecule has 0 saturated carbocycles. The van der Waals surface area contributed by atoms with Crippen molar-refractivity contribution in [3.8, 4) is 0 Å². The maximum atomic E-state index is 5.42. The Morgan fingerprint density at radius 1 is 1.24 bits per heavy atom. The first-order valence-corrected chi connectivity index (χ1v) is 6.82. The van der Waals surface area contributed by atoms with Crippen LogP contribution in [-0.2, 0) is 11.2 Å². The quantitative estimate of drug-likeness (QED) is 0.800. The molecule has 0 aliphatic carbocycles. The Kier molecular flexibility index (Phi) is 2.27. The molecule has 2 saturated heterocycles.